The molecule has 32 heavy (non-hydrogen) atoms. The smallest absolute Gasteiger partial charge is 0.235 e. The Hall–Kier alpha value is -3.90. The molecular formula is C19H24FN11O. The second-order valence-corrected chi connectivity index (χ2v) is 7.60. The molecule has 0 spiro atoms. The highest BCUT2D eigenvalue weighted by Crippen LogP contribution is 2.22. The van der Waals surface area contributed by atoms with Crippen molar-refractivity contribution in [1.29, 1.82) is 0 Å². The Bertz CT molecular complexity index is 1090. The fraction of sp³-hybridized carbons (Fsp3) is 0.421. The molecule has 1 saturated heterocycles. The Morgan fingerprint density at radius 2 is 2.00 bits per heavy atom. The van der Waals surface area contributed by atoms with Gasteiger partial charge in [0.1, 0.15) is 5.82 Å². The monoisotopic (exact) mass is 441 g/mol. The Kier molecular flexibility index (Phi) is 6.05. The average Bonchev–Trinajstić information content (AvgIpc) is 3.36. The number of amides is 1. The fourth-order valence-corrected chi connectivity index (χ4v) is 3.37. The Morgan fingerprint density at radius 1 is 1.25 bits per heavy atom. The Labute approximate surface area is 183 Å². The van der Waals surface area contributed by atoms with Gasteiger partial charge in [-0.25, -0.2) is 14.4 Å². The van der Waals surface area contributed by atoms with E-state index in [2.05, 4.69) is 51.1 Å². The van der Waals surface area contributed by atoms with Gasteiger partial charge in [-0.15, -0.1) is 0 Å². The number of nitrogens with one attached hydrogen (secondary N) is 4. The topological polar surface area (TPSA) is 150 Å². The Balaban J connectivity index is 1.58. The standard InChI is InChI=1S/C19H24FN11O/c1-10-6-15(30-29-10)25-18-26-17(23-11(2)16-21-7-13(20)8-22-16)27-19(28-18)31-5-4-14(9-31)24-12(3)32/h6-8,11,14H,4-5,9H2,1-3H3,(H,24,32)(H3,23,25,26,27,28,29,30)/t11-,14+/m0/s1. The van der Waals surface area contributed by atoms with Crippen molar-refractivity contribution in [3.05, 3.63) is 35.8 Å². The van der Waals surface area contributed by atoms with Crippen LogP contribution in [0.5, 0.6) is 0 Å². The van der Waals surface area contributed by atoms with Crippen LogP contribution in [0.15, 0.2) is 18.5 Å². The third kappa shape index (κ3) is 5.22. The van der Waals surface area contributed by atoms with E-state index in [-0.39, 0.29) is 18.0 Å². The van der Waals surface area contributed by atoms with Gasteiger partial charge >= 0.3 is 0 Å². The molecule has 1 amide bonds. The molecule has 0 aromatic carbocycles. The number of carbonyl (C=O) groups excluding carboxylic acids is 1. The van der Waals surface area contributed by atoms with Gasteiger partial charge in [0, 0.05) is 37.8 Å². The van der Waals surface area contributed by atoms with Crippen LogP contribution in [0, 0.1) is 12.7 Å². The number of hydrogen-bond donors (Lipinski definition) is 4. The van der Waals surface area contributed by atoms with Crippen molar-refractivity contribution in [2.75, 3.05) is 28.6 Å². The molecule has 13 heteroatoms. The van der Waals surface area contributed by atoms with Crippen LogP contribution in [0.4, 0.5) is 28.1 Å². The molecule has 1 aliphatic rings. The molecule has 0 bridgehead atoms. The molecule has 2 atom stereocenters. The third-order valence-electron chi connectivity index (χ3n) is 4.82. The number of carbonyl (C=O) groups is 1. The Morgan fingerprint density at radius 3 is 2.69 bits per heavy atom. The summed E-state index contributed by atoms with van der Waals surface area (Å²) in [7, 11) is 0. The van der Waals surface area contributed by atoms with Crippen LogP contribution in [0.25, 0.3) is 0 Å². The summed E-state index contributed by atoms with van der Waals surface area (Å²) in [6, 6.07) is 1.48. The summed E-state index contributed by atoms with van der Waals surface area (Å²) >= 11 is 0. The van der Waals surface area contributed by atoms with E-state index in [1.807, 2.05) is 24.8 Å². The molecule has 1 fully saturated rings. The predicted molar refractivity (Wildman–Crippen MR) is 115 cm³/mol. The van der Waals surface area contributed by atoms with Crippen LogP contribution in [0.1, 0.15) is 37.8 Å². The van der Waals surface area contributed by atoms with Gasteiger partial charge in [0.05, 0.1) is 18.4 Å². The molecule has 4 rings (SSSR count). The van der Waals surface area contributed by atoms with Crippen LogP contribution in [0.2, 0.25) is 0 Å². The maximum atomic E-state index is 13.1. The van der Waals surface area contributed by atoms with E-state index in [1.165, 1.54) is 6.92 Å². The van der Waals surface area contributed by atoms with Crippen LogP contribution >= 0.6 is 0 Å². The SMILES string of the molecule is CC(=O)N[C@@H]1CCN(c2nc(Nc3cc(C)[nH]n3)nc(N[C@@H](C)c3ncc(F)cn3)n2)C1. The first kappa shape index (κ1) is 21.3. The van der Waals surface area contributed by atoms with Crippen molar-refractivity contribution >= 4 is 29.6 Å². The van der Waals surface area contributed by atoms with Gasteiger partial charge in [-0.1, -0.05) is 0 Å². The molecule has 3 aromatic heterocycles. The van der Waals surface area contributed by atoms with Gasteiger partial charge < -0.3 is 20.9 Å². The summed E-state index contributed by atoms with van der Waals surface area (Å²) < 4.78 is 13.1. The minimum absolute atomic E-state index is 0.0256. The summed E-state index contributed by atoms with van der Waals surface area (Å²) in [6.45, 7) is 6.48. The number of H-pyrrole nitrogens is 1. The zero-order valence-electron chi connectivity index (χ0n) is 17.9. The molecule has 12 nitrogen and oxygen atoms in total. The van der Waals surface area contributed by atoms with Crippen molar-refractivity contribution in [3.63, 3.8) is 0 Å². The molecule has 0 unspecified atom stereocenters. The quantitative estimate of drug-likeness (QED) is 0.424. The molecule has 1 aliphatic heterocycles. The van der Waals surface area contributed by atoms with Crippen LogP contribution in [0.3, 0.4) is 0 Å². The van der Waals surface area contributed by atoms with Gasteiger partial charge in [0.15, 0.2) is 11.6 Å². The molecule has 0 aliphatic carbocycles. The van der Waals surface area contributed by atoms with Crippen LogP contribution in [-0.2, 0) is 4.79 Å². The number of halogens is 1. The van der Waals surface area contributed by atoms with Crippen LogP contribution in [-0.4, -0.2) is 60.2 Å². The molecular weight excluding hydrogens is 417 g/mol. The van der Waals surface area contributed by atoms with E-state index < -0.39 is 5.82 Å². The van der Waals surface area contributed by atoms with Crippen molar-refractivity contribution in [2.24, 2.45) is 0 Å². The first-order chi connectivity index (χ1) is 15.4. The van der Waals surface area contributed by atoms with Gasteiger partial charge in [0.2, 0.25) is 23.8 Å². The highest BCUT2D eigenvalue weighted by Gasteiger charge is 2.26. The second kappa shape index (κ2) is 9.08. The first-order valence-electron chi connectivity index (χ1n) is 10.2. The highest BCUT2D eigenvalue weighted by atomic mass is 19.1. The zero-order chi connectivity index (χ0) is 22.7. The van der Waals surface area contributed by atoms with E-state index in [0.29, 0.717) is 42.6 Å². The van der Waals surface area contributed by atoms with Gasteiger partial charge in [-0.2, -0.15) is 20.1 Å². The van der Waals surface area contributed by atoms with Gasteiger partial charge in [0.25, 0.3) is 0 Å². The molecule has 3 aromatic rings. The number of rotatable bonds is 7. The lowest BCUT2D eigenvalue weighted by Crippen LogP contribution is -2.36. The van der Waals surface area contributed by atoms with Gasteiger partial charge in [-0.3, -0.25) is 9.89 Å². The lowest BCUT2D eigenvalue weighted by molar-refractivity contribution is -0.119. The van der Waals surface area contributed by atoms with E-state index in [1.54, 1.807) is 0 Å². The second-order valence-electron chi connectivity index (χ2n) is 7.60. The maximum Gasteiger partial charge on any atom is 0.235 e. The normalized spacial score (nSPS) is 16.6. The summed E-state index contributed by atoms with van der Waals surface area (Å²) in [5.41, 5.74) is 0.889. The van der Waals surface area contributed by atoms with Crippen molar-refractivity contribution in [2.45, 2.75) is 39.3 Å². The average molecular weight is 441 g/mol. The van der Waals surface area contributed by atoms with Gasteiger partial charge in [-0.05, 0) is 20.3 Å². The number of hydrogen-bond acceptors (Lipinski definition) is 10. The first-order valence-corrected chi connectivity index (χ1v) is 10.2. The van der Waals surface area contributed by atoms with Crippen LogP contribution < -0.4 is 20.9 Å². The number of aryl methyl sites for hydroxylation is 1. The molecule has 4 heterocycles. The van der Waals surface area contributed by atoms with E-state index in [4.69, 9.17) is 0 Å². The number of nitrogens with zero attached hydrogens (tertiary/aromatic N) is 7. The summed E-state index contributed by atoms with van der Waals surface area (Å²) in [5.74, 6) is 1.45. The third-order valence-corrected chi connectivity index (χ3v) is 4.82. The van der Waals surface area contributed by atoms with E-state index in [9.17, 15) is 9.18 Å². The lowest BCUT2D eigenvalue weighted by Gasteiger charge is -2.19. The summed E-state index contributed by atoms with van der Waals surface area (Å²) in [5, 5.41) is 16.2. The predicted octanol–water partition coefficient (Wildman–Crippen LogP) is 1.46. The lowest BCUT2D eigenvalue weighted by atomic mass is 10.3. The molecule has 4 N–H and O–H groups in total. The molecule has 168 valence electrons. The maximum absolute atomic E-state index is 13.1. The number of aromatic nitrogens is 7. The van der Waals surface area contributed by atoms with Crippen molar-refractivity contribution < 1.29 is 9.18 Å². The molecule has 0 radical (unpaired) electrons. The largest absolute Gasteiger partial charge is 0.352 e. The van der Waals surface area contributed by atoms with E-state index in [0.717, 1.165) is 24.5 Å². The molecule has 0 saturated carbocycles. The zero-order valence-corrected chi connectivity index (χ0v) is 17.9. The number of aromatic amines is 1. The number of anilines is 4. The summed E-state index contributed by atoms with van der Waals surface area (Å²) in [4.78, 5) is 34.9. The fourth-order valence-electron chi connectivity index (χ4n) is 3.37. The van der Waals surface area contributed by atoms with E-state index >= 15 is 0 Å². The minimum Gasteiger partial charge on any atom is -0.352 e. The summed E-state index contributed by atoms with van der Waals surface area (Å²) in [6.07, 6.45) is 3.01. The minimum atomic E-state index is -0.507. The van der Waals surface area contributed by atoms with Crippen molar-refractivity contribution in [3.8, 4) is 0 Å². The van der Waals surface area contributed by atoms with Crippen molar-refractivity contribution in [1.82, 2.24) is 40.4 Å². The highest BCUT2D eigenvalue weighted by molar-refractivity contribution is 5.73.